The summed E-state index contributed by atoms with van der Waals surface area (Å²) in [7, 11) is 0.633. The van der Waals surface area contributed by atoms with E-state index in [1.807, 2.05) is 50.2 Å². The first-order valence-corrected chi connectivity index (χ1v) is 10.7. The number of aryl methyl sites for hydroxylation is 2. The molecule has 0 aromatic heterocycles. The Balaban J connectivity index is 0.00000392. The molecule has 0 atom stereocenters. The van der Waals surface area contributed by atoms with Crippen LogP contribution in [0.1, 0.15) is 61.0 Å². The van der Waals surface area contributed by atoms with Crippen LogP contribution in [0.2, 0.25) is 0 Å². The van der Waals surface area contributed by atoms with Crippen LogP contribution in [0.5, 0.6) is 11.5 Å². The molecule has 28 heavy (non-hydrogen) atoms. The van der Waals surface area contributed by atoms with Crippen molar-refractivity contribution in [1.82, 2.24) is 0 Å². The Morgan fingerprint density at radius 2 is 1.54 bits per heavy atom. The summed E-state index contributed by atoms with van der Waals surface area (Å²) in [6.45, 7) is 9.59. The van der Waals surface area contributed by atoms with E-state index >= 15 is 0 Å². The predicted molar refractivity (Wildman–Crippen MR) is 114 cm³/mol. The van der Waals surface area contributed by atoms with E-state index in [-0.39, 0.29) is 24.4 Å². The largest absolute Gasteiger partial charge is 1.00 e. The van der Waals surface area contributed by atoms with Crippen LogP contribution in [-0.2, 0) is 0 Å². The average Bonchev–Trinajstić information content (AvgIpc) is 2.64. The first kappa shape index (κ1) is 24.8. The Labute approximate surface area is 183 Å². The zero-order chi connectivity index (χ0) is 19.6. The maximum atomic E-state index is 12.9. The molecule has 146 valence electrons. The third-order valence-electron chi connectivity index (χ3n) is 4.37. The molecule has 0 aliphatic carbocycles. The quantitative estimate of drug-likeness (QED) is 0.335. The molecule has 0 saturated carbocycles. The third-order valence-corrected chi connectivity index (χ3v) is 5.41. The van der Waals surface area contributed by atoms with Crippen molar-refractivity contribution in [3.63, 3.8) is 0 Å². The maximum absolute atomic E-state index is 12.9. The molecule has 0 saturated heterocycles. The molecule has 2 aromatic rings. The smallest absolute Gasteiger partial charge is 0.496 e. The van der Waals surface area contributed by atoms with E-state index in [9.17, 15) is 4.79 Å². The van der Waals surface area contributed by atoms with Gasteiger partial charge in [-0.05, 0) is 49.4 Å². The van der Waals surface area contributed by atoms with Crippen molar-refractivity contribution >= 4 is 19.4 Å². The van der Waals surface area contributed by atoms with Gasteiger partial charge in [0, 0.05) is 11.6 Å². The van der Waals surface area contributed by atoms with Gasteiger partial charge in [-0.2, -0.15) is 5.30 Å². The fraction of sp³-hybridized carbons (Fsp3) is 0.435. The molecule has 0 fully saturated rings. The fourth-order valence-corrected chi connectivity index (χ4v) is 3.84. The molecule has 0 heterocycles. The van der Waals surface area contributed by atoms with E-state index in [1.54, 1.807) is 0 Å². The zero-order valence-electron chi connectivity index (χ0n) is 17.9. The minimum atomic E-state index is 0. The van der Waals surface area contributed by atoms with Crippen LogP contribution in [-0.4, -0.2) is 18.7 Å². The monoisotopic (exact) mass is 392 g/mol. The van der Waals surface area contributed by atoms with Crippen molar-refractivity contribution in [1.29, 1.82) is 0 Å². The molecule has 2 aromatic carbocycles. The third kappa shape index (κ3) is 7.29. The second-order valence-electron chi connectivity index (χ2n) is 6.72. The molecule has 2 rings (SSSR count). The van der Waals surface area contributed by atoms with Crippen molar-refractivity contribution in [2.75, 3.05) is 13.2 Å². The van der Waals surface area contributed by atoms with Gasteiger partial charge in [0.05, 0.1) is 19.0 Å². The Hall–Kier alpha value is -1.26. The molecule has 0 bridgehead atoms. The van der Waals surface area contributed by atoms with E-state index in [4.69, 9.17) is 9.47 Å². The normalized spacial score (nSPS) is 10.7. The Morgan fingerprint density at radius 3 is 2.14 bits per heavy atom. The first-order chi connectivity index (χ1) is 13.1. The van der Waals surface area contributed by atoms with Gasteiger partial charge in [-0.1, -0.05) is 51.0 Å². The van der Waals surface area contributed by atoms with Gasteiger partial charge in [0.2, 0.25) is 0 Å². The molecule has 0 aliphatic rings. The Kier molecular flexibility index (Phi) is 11.5. The second kappa shape index (κ2) is 13.1. The number of carbonyl (C=O) groups is 1. The summed E-state index contributed by atoms with van der Waals surface area (Å²) in [5, 5.41) is 0.890. The molecule has 0 spiro atoms. The van der Waals surface area contributed by atoms with Crippen LogP contribution in [0.4, 0.5) is 0 Å². The van der Waals surface area contributed by atoms with Gasteiger partial charge < -0.3 is 22.8 Å². The van der Waals surface area contributed by atoms with Gasteiger partial charge in [0.25, 0.3) is 0 Å². The zero-order valence-corrected chi connectivity index (χ0v) is 18.8. The van der Waals surface area contributed by atoms with Crippen molar-refractivity contribution in [3.05, 3.63) is 53.1 Å². The minimum Gasteiger partial charge on any atom is -0.496 e. The van der Waals surface area contributed by atoms with Crippen molar-refractivity contribution in [2.24, 2.45) is 0 Å². The second-order valence-corrected chi connectivity index (χ2v) is 7.83. The van der Waals surface area contributed by atoms with E-state index < -0.39 is 0 Å². The summed E-state index contributed by atoms with van der Waals surface area (Å²) in [5.41, 5.74) is 2.94. The summed E-state index contributed by atoms with van der Waals surface area (Å²) in [4.78, 5) is 12.9. The summed E-state index contributed by atoms with van der Waals surface area (Å²) in [6.07, 6.45) is 4.18. The molecular weight excluding hydrogens is 362 g/mol. The van der Waals surface area contributed by atoms with Crippen LogP contribution in [0.25, 0.3) is 0 Å². The summed E-state index contributed by atoms with van der Waals surface area (Å²) in [6, 6.07) is 11.8. The van der Waals surface area contributed by atoms with E-state index in [1.165, 1.54) is 0 Å². The number of benzene rings is 2. The molecule has 0 aliphatic heterocycles. The van der Waals surface area contributed by atoms with E-state index in [2.05, 4.69) is 13.8 Å². The van der Waals surface area contributed by atoms with Crippen LogP contribution < -0.4 is 33.6 Å². The molecule has 0 unspecified atom stereocenters. The fourth-order valence-electron chi connectivity index (χ4n) is 2.77. The number of unbranched alkanes of at least 4 members (excludes halogenated alkanes) is 2. The molecule has 3 nitrogen and oxygen atoms in total. The summed E-state index contributed by atoms with van der Waals surface area (Å²) in [5.74, 6) is 1.55. The molecule has 0 N–H and O–H groups in total. The van der Waals surface area contributed by atoms with Gasteiger partial charge in [-0.15, -0.1) is 0 Å². The topological polar surface area (TPSA) is 35.5 Å². The SMILES string of the molecule is CCCCOc1ccc([P-]C(=O)c2c(C)cccc2C)c(OCCCC)c1.[Li+]. The van der Waals surface area contributed by atoms with E-state index in [0.717, 1.165) is 59.2 Å². The van der Waals surface area contributed by atoms with Crippen molar-refractivity contribution < 1.29 is 33.1 Å². The predicted octanol–water partition coefficient (Wildman–Crippen LogP) is 3.08. The Morgan fingerprint density at radius 1 is 0.929 bits per heavy atom. The van der Waals surface area contributed by atoms with Gasteiger partial charge in [0.15, 0.2) is 0 Å². The molecule has 5 heteroatoms. The van der Waals surface area contributed by atoms with Crippen LogP contribution >= 0.6 is 8.58 Å². The summed E-state index contributed by atoms with van der Waals surface area (Å²) < 4.78 is 11.8. The van der Waals surface area contributed by atoms with Crippen LogP contribution in [0.3, 0.4) is 0 Å². The van der Waals surface area contributed by atoms with E-state index in [0.29, 0.717) is 21.8 Å². The number of hydrogen-bond acceptors (Lipinski definition) is 3. The molecule has 0 radical (unpaired) electrons. The number of ether oxygens (including phenoxy) is 2. The van der Waals surface area contributed by atoms with Crippen molar-refractivity contribution in [3.8, 4) is 11.5 Å². The van der Waals surface area contributed by atoms with Gasteiger partial charge in [0.1, 0.15) is 5.75 Å². The van der Waals surface area contributed by atoms with Crippen molar-refractivity contribution in [2.45, 2.75) is 53.4 Å². The average molecular weight is 392 g/mol. The maximum Gasteiger partial charge on any atom is 1.00 e. The number of carbonyl (C=O) groups excluding carboxylic acids is 1. The van der Waals surface area contributed by atoms with Crippen LogP contribution in [0.15, 0.2) is 36.4 Å². The van der Waals surface area contributed by atoms with Crippen LogP contribution in [0, 0.1) is 13.8 Å². The Bertz CT molecular complexity index is 741. The van der Waals surface area contributed by atoms with Gasteiger partial charge in [-0.3, -0.25) is 0 Å². The summed E-state index contributed by atoms with van der Waals surface area (Å²) >= 11 is 0. The number of hydrogen-bond donors (Lipinski definition) is 0. The van der Waals surface area contributed by atoms with Gasteiger partial charge in [-0.25, -0.2) is 0 Å². The standard InChI is InChI=1S/C23H30O3P.Li/c1-5-7-14-25-19-12-13-21(20(16-19)26-15-8-6-2)27-23(24)22-17(3)10-9-11-18(22)4;/h9-13,16H,5-8,14-15H2,1-4H3;/q-1;+1. The molecule has 0 amide bonds. The number of rotatable bonds is 11. The first-order valence-electron chi connectivity index (χ1n) is 9.78. The molecular formula is C23H30LiO3P. The van der Waals surface area contributed by atoms with Gasteiger partial charge >= 0.3 is 18.9 Å². The minimum absolute atomic E-state index is 0.